The van der Waals surface area contributed by atoms with Crippen LogP contribution in [0.5, 0.6) is 0 Å². The van der Waals surface area contributed by atoms with Gasteiger partial charge in [-0.15, -0.1) is 0 Å². The largest absolute Gasteiger partial charge is 0.394 e. The third-order valence-electron chi connectivity index (χ3n) is 4.91. The van der Waals surface area contributed by atoms with E-state index in [0.717, 1.165) is 50.4 Å². The van der Waals surface area contributed by atoms with Gasteiger partial charge in [-0.25, -0.2) is 0 Å². The van der Waals surface area contributed by atoms with Gasteiger partial charge >= 0.3 is 0 Å². The number of hydrogen-bond acceptors (Lipinski definition) is 3. The van der Waals surface area contributed by atoms with Gasteiger partial charge in [0.2, 0.25) is 0 Å². The van der Waals surface area contributed by atoms with E-state index in [4.69, 9.17) is 4.74 Å². The highest BCUT2D eigenvalue weighted by molar-refractivity contribution is 5.10. The van der Waals surface area contributed by atoms with E-state index in [1.165, 1.54) is 12.8 Å². The van der Waals surface area contributed by atoms with Gasteiger partial charge in [0.1, 0.15) is 0 Å². The molecule has 0 aromatic heterocycles. The lowest BCUT2D eigenvalue weighted by Crippen LogP contribution is -2.53. The van der Waals surface area contributed by atoms with Crippen molar-refractivity contribution in [1.29, 1.82) is 0 Å². The first-order valence-corrected chi connectivity index (χ1v) is 6.93. The molecule has 1 saturated heterocycles. The molecule has 3 nitrogen and oxygen atoms in total. The van der Waals surface area contributed by atoms with Crippen LogP contribution in [0.15, 0.2) is 12.2 Å². The van der Waals surface area contributed by atoms with Crippen LogP contribution in [0.25, 0.3) is 0 Å². The standard InChI is InChI=1S/C14H23NO2/c16-10-14(3-5-17-6-4-14)15-9-13-8-11-1-2-12(13)7-11/h1-2,11-13,15-16H,3-10H2/t11-,12-,13-/m1/s1. The molecule has 96 valence electrons. The molecule has 1 aliphatic heterocycles. The summed E-state index contributed by atoms with van der Waals surface area (Å²) in [5.41, 5.74) is -0.0657. The number of nitrogens with one attached hydrogen (secondary N) is 1. The van der Waals surface area contributed by atoms with E-state index in [-0.39, 0.29) is 12.1 Å². The molecule has 3 rings (SSSR count). The van der Waals surface area contributed by atoms with Crippen molar-refractivity contribution >= 4 is 0 Å². The monoisotopic (exact) mass is 237 g/mol. The van der Waals surface area contributed by atoms with Gasteiger partial charge in [-0.05, 0) is 50.0 Å². The maximum atomic E-state index is 9.62. The molecule has 0 aromatic carbocycles. The van der Waals surface area contributed by atoms with Gasteiger partial charge in [0, 0.05) is 18.8 Å². The second-order valence-electron chi connectivity index (χ2n) is 5.97. The molecule has 1 heterocycles. The Bertz CT molecular complexity index is 297. The van der Waals surface area contributed by atoms with Crippen LogP contribution < -0.4 is 5.32 Å². The normalized spacial score (nSPS) is 38.8. The minimum absolute atomic E-state index is 0.0657. The van der Waals surface area contributed by atoms with Crippen molar-refractivity contribution < 1.29 is 9.84 Å². The molecule has 0 radical (unpaired) electrons. The number of aliphatic hydroxyl groups is 1. The summed E-state index contributed by atoms with van der Waals surface area (Å²) in [6.45, 7) is 2.87. The predicted molar refractivity (Wildman–Crippen MR) is 66.7 cm³/mol. The molecule has 0 unspecified atom stereocenters. The number of rotatable bonds is 4. The highest BCUT2D eigenvalue weighted by atomic mass is 16.5. The second-order valence-corrected chi connectivity index (χ2v) is 5.97. The number of allylic oxidation sites excluding steroid dienone is 2. The van der Waals surface area contributed by atoms with Gasteiger partial charge in [-0.3, -0.25) is 0 Å². The van der Waals surface area contributed by atoms with Gasteiger partial charge in [0.25, 0.3) is 0 Å². The molecule has 0 aromatic rings. The van der Waals surface area contributed by atoms with Crippen molar-refractivity contribution in [3.8, 4) is 0 Å². The zero-order valence-electron chi connectivity index (χ0n) is 10.4. The maximum Gasteiger partial charge on any atom is 0.0615 e. The van der Waals surface area contributed by atoms with Crippen LogP contribution in [0, 0.1) is 17.8 Å². The fourth-order valence-electron chi connectivity index (χ4n) is 3.63. The molecule has 2 aliphatic carbocycles. The van der Waals surface area contributed by atoms with Crippen LogP contribution in [0.4, 0.5) is 0 Å². The molecule has 2 N–H and O–H groups in total. The summed E-state index contributed by atoms with van der Waals surface area (Å²) in [5.74, 6) is 2.42. The lowest BCUT2D eigenvalue weighted by Gasteiger charge is -2.38. The molecule has 2 fully saturated rings. The van der Waals surface area contributed by atoms with Gasteiger partial charge in [0.15, 0.2) is 0 Å². The average Bonchev–Trinajstić information content (AvgIpc) is 3.00. The van der Waals surface area contributed by atoms with E-state index in [9.17, 15) is 5.11 Å². The van der Waals surface area contributed by atoms with Crippen LogP contribution in [-0.2, 0) is 4.74 Å². The van der Waals surface area contributed by atoms with Gasteiger partial charge in [-0.1, -0.05) is 12.2 Å². The number of ether oxygens (including phenoxy) is 1. The van der Waals surface area contributed by atoms with Gasteiger partial charge < -0.3 is 15.2 Å². The van der Waals surface area contributed by atoms with E-state index in [1.807, 2.05) is 0 Å². The van der Waals surface area contributed by atoms with Crippen molar-refractivity contribution in [2.24, 2.45) is 17.8 Å². The Hall–Kier alpha value is -0.380. The van der Waals surface area contributed by atoms with E-state index in [0.29, 0.717) is 0 Å². The van der Waals surface area contributed by atoms with E-state index < -0.39 is 0 Å². The summed E-state index contributed by atoms with van der Waals surface area (Å²) < 4.78 is 5.39. The number of fused-ring (bicyclic) bond motifs is 2. The highest BCUT2D eigenvalue weighted by Gasteiger charge is 2.38. The zero-order chi connectivity index (χ0) is 11.7. The van der Waals surface area contributed by atoms with E-state index >= 15 is 0 Å². The fourth-order valence-corrected chi connectivity index (χ4v) is 3.63. The fraction of sp³-hybridized carbons (Fsp3) is 0.857. The molecule has 1 saturated carbocycles. The molecule has 3 heteroatoms. The lowest BCUT2D eigenvalue weighted by atomic mass is 9.88. The Morgan fingerprint density at radius 1 is 1.24 bits per heavy atom. The topological polar surface area (TPSA) is 41.5 Å². The predicted octanol–water partition coefficient (Wildman–Crippen LogP) is 1.33. The molecule has 17 heavy (non-hydrogen) atoms. The third-order valence-corrected chi connectivity index (χ3v) is 4.91. The molecule has 0 amide bonds. The first kappa shape index (κ1) is 11.7. The minimum Gasteiger partial charge on any atom is -0.394 e. The summed E-state index contributed by atoms with van der Waals surface area (Å²) in [4.78, 5) is 0. The van der Waals surface area contributed by atoms with Crippen molar-refractivity contribution in [2.45, 2.75) is 31.2 Å². The van der Waals surface area contributed by atoms with E-state index in [1.54, 1.807) is 0 Å². The first-order valence-electron chi connectivity index (χ1n) is 6.93. The molecule has 2 bridgehead atoms. The van der Waals surface area contributed by atoms with E-state index in [2.05, 4.69) is 17.5 Å². The third kappa shape index (κ3) is 2.28. The van der Waals surface area contributed by atoms with Crippen molar-refractivity contribution in [3.05, 3.63) is 12.2 Å². The quantitative estimate of drug-likeness (QED) is 0.725. The number of aliphatic hydroxyl groups excluding tert-OH is 1. The Labute approximate surface area is 103 Å². The van der Waals surface area contributed by atoms with Crippen LogP contribution >= 0.6 is 0 Å². The summed E-state index contributed by atoms with van der Waals surface area (Å²) >= 11 is 0. The Morgan fingerprint density at radius 3 is 2.65 bits per heavy atom. The van der Waals surface area contributed by atoms with Gasteiger partial charge in [-0.2, -0.15) is 0 Å². The summed E-state index contributed by atoms with van der Waals surface area (Å²) in [6.07, 6.45) is 9.38. The molecular weight excluding hydrogens is 214 g/mol. The summed E-state index contributed by atoms with van der Waals surface area (Å²) in [7, 11) is 0. The minimum atomic E-state index is -0.0657. The SMILES string of the molecule is OCC1(NC[C@H]2C[C@@H]3C=C[C@@H]2C3)CCOCC1. The van der Waals surface area contributed by atoms with Crippen molar-refractivity contribution in [1.82, 2.24) is 5.32 Å². The van der Waals surface area contributed by atoms with Gasteiger partial charge in [0.05, 0.1) is 6.61 Å². The Kier molecular flexibility index (Phi) is 3.24. The molecular formula is C14H23NO2. The highest BCUT2D eigenvalue weighted by Crippen LogP contribution is 2.43. The van der Waals surface area contributed by atoms with Crippen molar-refractivity contribution in [3.63, 3.8) is 0 Å². The Balaban J connectivity index is 1.54. The Morgan fingerprint density at radius 2 is 2.06 bits per heavy atom. The average molecular weight is 237 g/mol. The molecule has 0 spiro atoms. The van der Waals surface area contributed by atoms with Crippen LogP contribution in [0.1, 0.15) is 25.7 Å². The summed E-state index contributed by atoms with van der Waals surface area (Å²) in [6, 6.07) is 0. The number of hydrogen-bond donors (Lipinski definition) is 2. The smallest absolute Gasteiger partial charge is 0.0615 e. The molecule has 3 aliphatic rings. The zero-order valence-corrected chi connectivity index (χ0v) is 10.4. The summed E-state index contributed by atoms with van der Waals surface area (Å²) in [5, 5.41) is 13.3. The van der Waals surface area contributed by atoms with Crippen LogP contribution in [-0.4, -0.2) is 37.0 Å². The second kappa shape index (κ2) is 4.71. The van der Waals surface area contributed by atoms with Crippen LogP contribution in [0.2, 0.25) is 0 Å². The maximum absolute atomic E-state index is 9.62. The lowest BCUT2D eigenvalue weighted by molar-refractivity contribution is 0.00988. The van der Waals surface area contributed by atoms with Crippen molar-refractivity contribution in [2.75, 3.05) is 26.4 Å². The van der Waals surface area contributed by atoms with Crippen LogP contribution in [0.3, 0.4) is 0 Å². The molecule has 3 atom stereocenters. The first-order chi connectivity index (χ1) is 8.31.